The van der Waals surface area contributed by atoms with Crippen LogP contribution < -0.4 is 9.47 Å². The number of cyclic esters (lactones) is 1. The first-order chi connectivity index (χ1) is 11.5. The van der Waals surface area contributed by atoms with Crippen molar-refractivity contribution in [1.29, 1.82) is 0 Å². The summed E-state index contributed by atoms with van der Waals surface area (Å²) in [5, 5.41) is 0. The van der Waals surface area contributed by atoms with Gasteiger partial charge in [-0.05, 0) is 37.8 Å². The highest BCUT2D eigenvalue weighted by atomic mass is 16.5. The number of hydrogen-bond donors (Lipinski definition) is 0. The molecular formula is C19H24O5. The molecule has 0 aliphatic carbocycles. The third kappa shape index (κ3) is 4.60. The van der Waals surface area contributed by atoms with Gasteiger partial charge in [0.2, 0.25) is 0 Å². The van der Waals surface area contributed by atoms with Crippen molar-refractivity contribution in [2.45, 2.75) is 45.1 Å². The lowest BCUT2D eigenvalue weighted by atomic mass is 10.0. The molecule has 24 heavy (non-hydrogen) atoms. The molecule has 5 heteroatoms. The summed E-state index contributed by atoms with van der Waals surface area (Å²) in [6, 6.07) is 3.45. The number of ketones is 1. The normalized spacial score (nSPS) is 20.7. The van der Waals surface area contributed by atoms with E-state index in [-0.39, 0.29) is 11.9 Å². The zero-order valence-electron chi connectivity index (χ0n) is 14.5. The Labute approximate surface area is 142 Å². The molecule has 0 saturated carbocycles. The van der Waals surface area contributed by atoms with Crippen molar-refractivity contribution in [2.75, 3.05) is 14.2 Å². The summed E-state index contributed by atoms with van der Waals surface area (Å²) in [5.41, 5.74) is 1.07. The van der Waals surface area contributed by atoms with E-state index in [4.69, 9.17) is 14.2 Å². The predicted octanol–water partition coefficient (Wildman–Crippen LogP) is 3.80. The van der Waals surface area contributed by atoms with E-state index in [2.05, 4.69) is 0 Å². The molecule has 1 unspecified atom stereocenters. The summed E-state index contributed by atoms with van der Waals surface area (Å²) >= 11 is 0. The lowest BCUT2D eigenvalue weighted by molar-refractivity contribution is -0.119. The van der Waals surface area contributed by atoms with Crippen molar-refractivity contribution in [1.82, 2.24) is 0 Å². The van der Waals surface area contributed by atoms with E-state index in [0.717, 1.165) is 12.8 Å². The molecule has 0 radical (unpaired) electrons. The molecule has 1 heterocycles. The predicted molar refractivity (Wildman–Crippen MR) is 91.5 cm³/mol. The lowest BCUT2D eigenvalue weighted by Crippen LogP contribution is -2.18. The molecule has 0 saturated heterocycles. The first-order valence-electron chi connectivity index (χ1n) is 8.20. The fourth-order valence-electron chi connectivity index (χ4n) is 2.66. The minimum atomic E-state index is -0.451. The topological polar surface area (TPSA) is 61.8 Å². The molecule has 0 bridgehead atoms. The maximum absolute atomic E-state index is 12.6. The average molecular weight is 332 g/mol. The average Bonchev–Trinajstić information content (AvgIpc) is 2.58. The number of esters is 1. The van der Waals surface area contributed by atoms with Crippen LogP contribution in [0.2, 0.25) is 0 Å². The van der Waals surface area contributed by atoms with Crippen LogP contribution in [0.3, 0.4) is 0 Å². The quantitative estimate of drug-likeness (QED) is 0.771. The van der Waals surface area contributed by atoms with Crippen LogP contribution in [0.25, 0.3) is 6.08 Å². The highest BCUT2D eigenvalue weighted by Crippen LogP contribution is 2.31. The van der Waals surface area contributed by atoms with Crippen LogP contribution in [0.4, 0.5) is 0 Å². The first-order valence-corrected chi connectivity index (χ1v) is 8.20. The zero-order chi connectivity index (χ0) is 17.5. The number of fused-ring (bicyclic) bond motifs is 1. The Morgan fingerprint density at radius 2 is 1.92 bits per heavy atom. The second-order valence-electron chi connectivity index (χ2n) is 5.88. The van der Waals surface area contributed by atoms with Crippen LogP contribution in [0, 0.1) is 0 Å². The Hall–Kier alpha value is -2.30. The van der Waals surface area contributed by atoms with E-state index in [1.165, 1.54) is 7.11 Å². The Morgan fingerprint density at radius 3 is 2.62 bits per heavy atom. The number of ether oxygens (including phenoxy) is 3. The van der Waals surface area contributed by atoms with Crippen molar-refractivity contribution in [3.8, 4) is 11.5 Å². The van der Waals surface area contributed by atoms with Crippen LogP contribution in [0.5, 0.6) is 11.5 Å². The maximum Gasteiger partial charge on any atom is 0.342 e. The highest BCUT2D eigenvalue weighted by Gasteiger charge is 2.22. The van der Waals surface area contributed by atoms with Crippen LogP contribution in [0.1, 0.15) is 54.9 Å². The number of methoxy groups -OCH3 is 2. The maximum atomic E-state index is 12.6. The van der Waals surface area contributed by atoms with Crippen LogP contribution in [-0.2, 0) is 9.53 Å². The second kappa shape index (κ2) is 8.52. The van der Waals surface area contributed by atoms with Crippen molar-refractivity contribution in [3.63, 3.8) is 0 Å². The van der Waals surface area contributed by atoms with Gasteiger partial charge in [0.25, 0.3) is 0 Å². The summed E-state index contributed by atoms with van der Waals surface area (Å²) in [4.78, 5) is 24.4. The van der Waals surface area contributed by atoms with Crippen LogP contribution in [-0.4, -0.2) is 32.1 Å². The van der Waals surface area contributed by atoms with Crippen LogP contribution >= 0.6 is 0 Å². The largest absolute Gasteiger partial charge is 0.497 e. The summed E-state index contributed by atoms with van der Waals surface area (Å²) in [6.45, 7) is 1.80. The number of Topliss-reactive ketones (excluding diaryl/α,β-unsaturated/α-hetero) is 1. The van der Waals surface area contributed by atoms with Gasteiger partial charge in [0, 0.05) is 18.9 Å². The van der Waals surface area contributed by atoms with E-state index in [1.54, 1.807) is 26.2 Å². The Kier molecular flexibility index (Phi) is 6.41. The Balaban J connectivity index is 2.42. The molecule has 1 aliphatic rings. The van der Waals surface area contributed by atoms with E-state index < -0.39 is 5.97 Å². The van der Waals surface area contributed by atoms with Crippen molar-refractivity contribution >= 4 is 17.8 Å². The minimum Gasteiger partial charge on any atom is -0.497 e. The number of hydrogen-bond acceptors (Lipinski definition) is 5. The van der Waals surface area contributed by atoms with Gasteiger partial charge in [-0.15, -0.1) is 0 Å². The van der Waals surface area contributed by atoms with E-state index in [1.807, 2.05) is 12.2 Å². The molecule has 1 aromatic carbocycles. The van der Waals surface area contributed by atoms with Crippen molar-refractivity contribution in [3.05, 3.63) is 29.3 Å². The minimum absolute atomic E-state index is 0.210. The van der Waals surface area contributed by atoms with Gasteiger partial charge in [-0.1, -0.05) is 12.2 Å². The molecule has 2 rings (SSSR count). The summed E-state index contributed by atoms with van der Waals surface area (Å²) in [7, 11) is 3.08. The van der Waals surface area contributed by atoms with Gasteiger partial charge in [-0.3, -0.25) is 4.79 Å². The third-order valence-electron chi connectivity index (χ3n) is 4.03. The van der Waals surface area contributed by atoms with Gasteiger partial charge < -0.3 is 14.2 Å². The van der Waals surface area contributed by atoms with Gasteiger partial charge >= 0.3 is 5.97 Å². The number of rotatable bonds is 2. The second-order valence-corrected chi connectivity index (χ2v) is 5.88. The molecule has 1 aromatic rings. The summed E-state index contributed by atoms with van der Waals surface area (Å²) in [5.74, 6) is 0.781. The third-order valence-corrected chi connectivity index (χ3v) is 4.03. The number of carbonyl (C=O) groups is 2. The highest BCUT2D eigenvalue weighted by molar-refractivity contribution is 5.97. The Bertz CT molecular complexity index is 633. The van der Waals surface area contributed by atoms with Crippen molar-refractivity contribution in [2.24, 2.45) is 0 Å². The van der Waals surface area contributed by atoms with E-state index in [0.29, 0.717) is 41.9 Å². The van der Waals surface area contributed by atoms with Crippen LogP contribution in [0.15, 0.2) is 18.2 Å². The zero-order valence-corrected chi connectivity index (χ0v) is 14.5. The fourth-order valence-corrected chi connectivity index (χ4v) is 2.66. The van der Waals surface area contributed by atoms with Gasteiger partial charge in [0.15, 0.2) is 0 Å². The lowest BCUT2D eigenvalue weighted by Gasteiger charge is -2.16. The van der Waals surface area contributed by atoms with Gasteiger partial charge in [-0.2, -0.15) is 0 Å². The first kappa shape index (κ1) is 18.0. The van der Waals surface area contributed by atoms with Gasteiger partial charge in [-0.25, -0.2) is 4.79 Å². The standard InChI is InChI=1S/C19H24O5/c1-13-9-10-15(20)8-6-4-5-7-14-11-16(22-2)12-17(23-3)18(14)19(21)24-13/h5,7,11-13H,4,6,8-10H2,1-3H3/b7-5-. The smallest absolute Gasteiger partial charge is 0.342 e. The molecule has 5 nitrogen and oxygen atoms in total. The number of carbonyl (C=O) groups excluding carboxylic acids is 2. The fraction of sp³-hybridized carbons (Fsp3) is 0.474. The molecule has 1 atom stereocenters. The molecular weight excluding hydrogens is 308 g/mol. The molecule has 0 amide bonds. The molecule has 0 fully saturated rings. The summed E-state index contributed by atoms with van der Waals surface area (Å²) < 4.78 is 16.1. The van der Waals surface area contributed by atoms with E-state index in [9.17, 15) is 9.59 Å². The van der Waals surface area contributed by atoms with Gasteiger partial charge in [0.05, 0.1) is 20.3 Å². The SMILES string of the molecule is COc1cc2c(c(OC)c1)C(=O)OC(C)CCC(=O)CCC/C=C\2. The molecule has 130 valence electrons. The van der Waals surface area contributed by atoms with Crippen molar-refractivity contribution < 1.29 is 23.8 Å². The monoisotopic (exact) mass is 332 g/mol. The molecule has 0 aromatic heterocycles. The molecule has 1 aliphatic heterocycles. The van der Waals surface area contributed by atoms with E-state index >= 15 is 0 Å². The number of allylic oxidation sites excluding steroid dienone is 1. The molecule has 0 N–H and O–H groups in total. The molecule has 0 spiro atoms. The summed E-state index contributed by atoms with van der Waals surface area (Å²) in [6.07, 6.45) is 6.58. The Morgan fingerprint density at radius 1 is 1.12 bits per heavy atom. The van der Waals surface area contributed by atoms with Gasteiger partial charge in [0.1, 0.15) is 22.8 Å². The number of benzene rings is 1.